The van der Waals surface area contributed by atoms with E-state index in [0.717, 1.165) is 13.0 Å². The molecule has 0 radical (unpaired) electrons. The Kier molecular flexibility index (Phi) is 3.35. The summed E-state index contributed by atoms with van der Waals surface area (Å²) in [6, 6.07) is 2.26. The zero-order valence-corrected chi connectivity index (χ0v) is 8.20. The highest BCUT2D eigenvalue weighted by atomic mass is 14.8. The van der Waals surface area contributed by atoms with Crippen LogP contribution in [0.15, 0.2) is 6.07 Å². The van der Waals surface area contributed by atoms with E-state index in [2.05, 4.69) is 30.2 Å². The predicted molar refractivity (Wildman–Crippen MR) is 52.3 cm³/mol. The van der Waals surface area contributed by atoms with Crippen molar-refractivity contribution in [3.05, 3.63) is 23.0 Å². The fraction of sp³-hybridized carbons (Fsp3) is 0.600. The normalized spacial score (nSPS) is 10.6. The molecule has 12 heavy (non-hydrogen) atoms. The number of aromatic nitrogens is 1. The zero-order valence-electron chi connectivity index (χ0n) is 8.20. The number of rotatable bonds is 4. The zero-order chi connectivity index (χ0) is 8.97. The summed E-state index contributed by atoms with van der Waals surface area (Å²) >= 11 is 0. The van der Waals surface area contributed by atoms with E-state index >= 15 is 0 Å². The van der Waals surface area contributed by atoms with Crippen LogP contribution in [0.5, 0.6) is 0 Å². The van der Waals surface area contributed by atoms with Gasteiger partial charge >= 0.3 is 0 Å². The number of hydrogen-bond donors (Lipinski definition) is 2. The Morgan fingerprint density at radius 2 is 2.25 bits per heavy atom. The first kappa shape index (κ1) is 9.33. The molecule has 0 atom stereocenters. The third-order valence-corrected chi connectivity index (χ3v) is 2.06. The topological polar surface area (TPSA) is 27.8 Å². The van der Waals surface area contributed by atoms with Gasteiger partial charge < -0.3 is 10.3 Å². The van der Waals surface area contributed by atoms with Crippen LogP contribution in [0.25, 0.3) is 0 Å². The summed E-state index contributed by atoms with van der Waals surface area (Å²) in [5.74, 6) is 0. The van der Waals surface area contributed by atoms with E-state index in [1.165, 1.54) is 23.4 Å². The molecule has 0 saturated carbocycles. The summed E-state index contributed by atoms with van der Waals surface area (Å²) in [6.07, 6.45) is 2.36. The van der Waals surface area contributed by atoms with Crippen molar-refractivity contribution in [3.63, 3.8) is 0 Å². The first-order valence-electron chi connectivity index (χ1n) is 4.60. The maximum absolute atomic E-state index is 3.39. The lowest BCUT2D eigenvalue weighted by molar-refractivity contribution is 0.812. The Balaban J connectivity index is 2.70. The third-order valence-electron chi connectivity index (χ3n) is 2.06. The second-order valence-corrected chi connectivity index (χ2v) is 3.23. The molecule has 1 rings (SSSR count). The van der Waals surface area contributed by atoms with E-state index in [1.807, 2.05) is 7.05 Å². The van der Waals surface area contributed by atoms with Gasteiger partial charge in [-0.25, -0.2) is 0 Å². The Morgan fingerprint density at radius 3 is 2.83 bits per heavy atom. The van der Waals surface area contributed by atoms with Crippen LogP contribution in [0.3, 0.4) is 0 Å². The standard InChI is InChI=1S/C10H18N2/c1-4-5-10-6-9(7-11-3)8(2)12-10/h6,11-12H,4-5,7H2,1-3H3. The summed E-state index contributed by atoms with van der Waals surface area (Å²) in [6.45, 7) is 5.30. The van der Waals surface area contributed by atoms with Crippen LogP contribution in [0.1, 0.15) is 30.3 Å². The lowest BCUT2D eigenvalue weighted by Crippen LogP contribution is -2.04. The molecule has 2 heteroatoms. The maximum Gasteiger partial charge on any atom is 0.0220 e. The van der Waals surface area contributed by atoms with Gasteiger partial charge in [0.15, 0.2) is 0 Å². The SMILES string of the molecule is CCCc1cc(CNC)c(C)[nH]1. The van der Waals surface area contributed by atoms with E-state index in [4.69, 9.17) is 0 Å². The van der Waals surface area contributed by atoms with E-state index in [0.29, 0.717) is 0 Å². The molecule has 2 nitrogen and oxygen atoms in total. The second-order valence-electron chi connectivity index (χ2n) is 3.23. The van der Waals surface area contributed by atoms with Crippen LogP contribution in [-0.4, -0.2) is 12.0 Å². The smallest absolute Gasteiger partial charge is 0.0220 e. The van der Waals surface area contributed by atoms with Gasteiger partial charge in [0.2, 0.25) is 0 Å². The minimum atomic E-state index is 0.964. The first-order valence-corrected chi connectivity index (χ1v) is 4.60. The van der Waals surface area contributed by atoms with Gasteiger partial charge in [0.05, 0.1) is 0 Å². The van der Waals surface area contributed by atoms with E-state index < -0.39 is 0 Å². The average molecular weight is 166 g/mol. The summed E-state index contributed by atoms with van der Waals surface area (Å²) in [4.78, 5) is 3.39. The Morgan fingerprint density at radius 1 is 1.50 bits per heavy atom. The number of H-pyrrole nitrogens is 1. The largest absolute Gasteiger partial charge is 0.362 e. The van der Waals surface area contributed by atoms with Crippen LogP contribution >= 0.6 is 0 Å². The predicted octanol–water partition coefficient (Wildman–Crippen LogP) is 2.00. The van der Waals surface area contributed by atoms with Crippen molar-refractivity contribution >= 4 is 0 Å². The highest BCUT2D eigenvalue weighted by Crippen LogP contribution is 2.10. The molecule has 0 aliphatic carbocycles. The third kappa shape index (κ3) is 2.11. The molecule has 0 unspecified atom stereocenters. The Labute approximate surface area is 74.4 Å². The van der Waals surface area contributed by atoms with Gasteiger partial charge in [-0.2, -0.15) is 0 Å². The van der Waals surface area contributed by atoms with Crippen molar-refractivity contribution in [1.82, 2.24) is 10.3 Å². The fourth-order valence-electron chi connectivity index (χ4n) is 1.45. The molecule has 68 valence electrons. The van der Waals surface area contributed by atoms with Crippen molar-refractivity contribution in [2.45, 2.75) is 33.2 Å². The molecule has 0 aliphatic rings. The van der Waals surface area contributed by atoms with E-state index in [9.17, 15) is 0 Å². The molecule has 0 aliphatic heterocycles. The highest BCUT2D eigenvalue weighted by molar-refractivity contribution is 5.24. The van der Waals surface area contributed by atoms with Gasteiger partial charge in [-0.05, 0) is 32.0 Å². The van der Waals surface area contributed by atoms with Crippen molar-refractivity contribution in [2.75, 3.05) is 7.05 Å². The van der Waals surface area contributed by atoms with Gasteiger partial charge in [0.25, 0.3) is 0 Å². The summed E-state index contributed by atoms with van der Waals surface area (Å²) in [5, 5.41) is 3.16. The van der Waals surface area contributed by atoms with E-state index in [-0.39, 0.29) is 0 Å². The van der Waals surface area contributed by atoms with Crippen LogP contribution in [0.4, 0.5) is 0 Å². The number of aromatic amines is 1. The van der Waals surface area contributed by atoms with Crippen molar-refractivity contribution in [2.24, 2.45) is 0 Å². The maximum atomic E-state index is 3.39. The lowest BCUT2D eigenvalue weighted by Gasteiger charge is -1.95. The average Bonchev–Trinajstić information content (AvgIpc) is 2.34. The molecule has 2 N–H and O–H groups in total. The summed E-state index contributed by atoms with van der Waals surface area (Å²) < 4.78 is 0. The summed E-state index contributed by atoms with van der Waals surface area (Å²) in [7, 11) is 1.98. The molecule has 1 heterocycles. The van der Waals surface area contributed by atoms with Crippen LogP contribution < -0.4 is 5.32 Å². The molecular weight excluding hydrogens is 148 g/mol. The van der Waals surface area contributed by atoms with Gasteiger partial charge in [-0.1, -0.05) is 13.3 Å². The van der Waals surface area contributed by atoms with Crippen LogP contribution in [0.2, 0.25) is 0 Å². The number of hydrogen-bond acceptors (Lipinski definition) is 1. The molecule has 0 amide bonds. The van der Waals surface area contributed by atoms with Gasteiger partial charge in [-0.3, -0.25) is 0 Å². The molecule has 0 spiro atoms. The molecular formula is C10H18N2. The molecule has 1 aromatic heterocycles. The summed E-state index contributed by atoms with van der Waals surface area (Å²) in [5.41, 5.74) is 4.05. The molecule has 0 aromatic carbocycles. The van der Waals surface area contributed by atoms with E-state index in [1.54, 1.807) is 0 Å². The molecule has 0 bridgehead atoms. The first-order chi connectivity index (χ1) is 5.77. The van der Waals surface area contributed by atoms with Crippen molar-refractivity contribution in [1.29, 1.82) is 0 Å². The molecule has 0 saturated heterocycles. The van der Waals surface area contributed by atoms with Crippen molar-refractivity contribution in [3.8, 4) is 0 Å². The second kappa shape index (κ2) is 4.31. The Bertz CT molecular complexity index is 238. The lowest BCUT2D eigenvalue weighted by atomic mass is 10.2. The quantitative estimate of drug-likeness (QED) is 0.703. The van der Waals surface area contributed by atoms with Crippen molar-refractivity contribution < 1.29 is 0 Å². The van der Waals surface area contributed by atoms with Crippen LogP contribution in [0, 0.1) is 6.92 Å². The minimum absolute atomic E-state index is 0.964. The monoisotopic (exact) mass is 166 g/mol. The van der Waals surface area contributed by atoms with Gasteiger partial charge in [0.1, 0.15) is 0 Å². The van der Waals surface area contributed by atoms with Gasteiger partial charge in [0, 0.05) is 17.9 Å². The Hall–Kier alpha value is -0.760. The number of aryl methyl sites for hydroxylation is 2. The molecule has 0 fully saturated rings. The molecule has 1 aromatic rings. The van der Waals surface area contributed by atoms with Gasteiger partial charge in [-0.15, -0.1) is 0 Å². The van der Waals surface area contributed by atoms with Crippen LogP contribution in [-0.2, 0) is 13.0 Å². The fourth-order valence-corrected chi connectivity index (χ4v) is 1.45. The highest BCUT2D eigenvalue weighted by Gasteiger charge is 2.01. The minimum Gasteiger partial charge on any atom is -0.362 e. The number of nitrogens with one attached hydrogen (secondary N) is 2.